The van der Waals surface area contributed by atoms with E-state index in [0.29, 0.717) is 18.5 Å². The average Bonchev–Trinajstić information content (AvgIpc) is 2.73. The number of halogens is 3. The summed E-state index contributed by atoms with van der Waals surface area (Å²) in [6.07, 6.45) is -1.59. The van der Waals surface area contributed by atoms with Crippen LogP contribution in [-0.2, 0) is 12.6 Å². The van der Waals surface area contributed by atoms with E-state index in [2.05, 4.69) is 16.1 Å². The molecule has 0 radical (unpaired) electrons. The zero-order valence-corrected chi connectivity index (χ0v) is 16.1. The van der Waals surface area contributed by atoms with Crippen LogP contribution in [0.15, 0.2) is 60.7 Å². The molecule has 1 fully saturated rings. The SMILES string of the molecule is Nc1ccc(N2CCCCN2CCc2cccc(C(F)(F)F)c2)c2ccccc12. The van der Waals surface area contributed by atoms with Gasteiger partial charge in [0.15, 0.2) is 0 Å². The van der Waals surface area contributed by atoms with Crippen LogP contribution in [0.1, 0.15) is 24.0 Å². The zero-order chi connectivity index (χ0) is 20.4. The average molecular weight is 399 g/mol. The molecule has 152 valence electrons. The van der Waals surface area contributed by atoms with Crippen molar-refractivity contribution in [1.29, 1.82) is 0 Å². The van der Waals surface area contributed by atoms with Crippen molar-refractivity contribution in [2.45, 2.75) is 25.4 Å². The van der Waals surface area contributed by atoms with Crippen LogP contribution in [0.2, 0.25) is 0 Å². The largest absolute Gasteiger partial charge is 0.416 e. The molecule has 3 nitrogen and oxygen atoms in total. The van der Waals surface area contributed by atoms with Crippen LogP contribution in [0.4, 0.5) is 24.5 Å². The minimum atomic E-state index is -4.31. The summed E-state index contributed by atoms with van der Waals surface area (Å²) in [5.41, 5.74) is 8.11. The molecule has 29 heavy (non-hydrogen) atoms. The third kappa shape index (κ3) is 4.17. The molecule has 4 rings (SSSR count). The number of nitrogen functional groups attached to an aromatic ring is 1. The summed E-state index contributed by atoms with van der Waals surface area (Å²) in [7, 11) is 0. The van der Waals surface area contributed by atoms with Gasteiger partial charge in [0.2, 0.25) is 0 Å². The summed E-state index contributed by atoms with van der Waals surface area (Å²) >= 11 is 0. The molecular weight excluding hydrogens is 375 g/mol. The Balaban J connectivity index is 1.57. The van der Waals surface area contributed by atoms with Crippen LogP contribution in [0.25, 0.3) is 10.8 Å². The second-order valence-corrected chi connectivity index (χ2v) is 7.45. The van der Waals surface area contributed by atoms with Crippen molar-refractivity contribution in [2.75, 3.05) is 30.4 Å². The fourth-order valence-corrected chi connectivity index (χ4v) is 4.02. The number of hydrazine groups is 1. The van der Waals surface area contributed by atoms with E-state index in [4.69, 9.17) is 5.73 Å². The second-order valence-electron chi connectivity index (χ2n) is 7.45. The van der Waals surface area contributed by atoms with Gasteiger partial charge >= 0.3 is 6.18 Å². The molecule has 0 spiro atoms. The molecule has 3 aromatic rings. The Morgan fingerprint density at radius 2 is 1.62 bits per heavy atom. The van der Waals surface area contributed by atoms with E-state index in [1.807, 2.05) is 30.3 Å². The summed E-state index contributed by atoms with van der Waals surface area (Å²) in [6.45, 7) is 2.44. The summed E-state index contributed by atoms with van der Waals surface area (Å²) in [5, 5.41) is 6.63. The van der Waals surface area contributed by atoms with Crippen molar-refractivity contribution in [3.8, 4) is 0 Å². The smallest absolute Gasteiger partial charge is 0.398 e. The Kier molecular flexibility index (Phi) is 5.37. The minimum absolute atomic E-state index is 0.563. The first-order valence-corrected chi connectivity index (χ1v) is 9.89. The lowest BCUT2D eigenvalue weighted by molar-refractivity contribution is -0.137. The number of anilines is 2. The van der Waals surface area contributed by atoms with E-state index >= 15 is 0 Å². The Hall–Kier alpha value is -2.73. The fourth-order valence-electron chi connectivity index (χ4n) is 4.02. The lowest BCUT2D eigenvalue weighted by Gasteiger charge is -2.41. The number of alkyl halides is 3. The maximum Gasteiger partial charge on any atom is 0.416 e. The Morgan fingerprint density at radius 3 is 2.41 bits per heavy atom. The van der Waals surface area contributed by atoms with Gasteiger partial charge in [0.05, 0.1) is 11.3 Å². The van der Waals surface area contributed by atoms with Gasteiger partial charge in [-0.05, 0) is 43.0 Å². The highest BCUT2D eigenvalue weighted by atomic mass is 19.4. The number of nitrogens with zero attached hydrogens (tertiary/aromatic N) is 2. The zero-order valence-electron chi connectivity index (χ0n) is 16.1. The Labute approximate surface area is 168 Å². The lowest BCUT2D eigenvalue weighted by atomic mass is 10.1. The van der Waals surface area contributed by atoms with Crippen LogP contribution in [0, 0.1) is 0 Å². The van der Waals surface area contributed by atoms with Crippen LogP contribution in [0.5, 0.6) is 0 Å². The first kappa shape index (κ1) is 19.6. The standard InChI is InChI=1S/C23H24F3N3/c24-23(25,26)18-7-5-6-17(16-18)12-15-28-13-3-4-14-29(28)22-11-10-21(27)19-8-1-2-9-20(19)22/h1-2,5-11,16H,3-4,12-15,27H2. The minimum Gasteiger partial charge on any atom is -0.398 e. The van der Waals surface area contributed by atoms with E-state index in [1.54, 1.807) is 6.07 Å². The van der Waals surface area contributed by atoms with Crippen LogP contribution in [0.3, 0.4) is 0 Å². The molecule has 0 saturated carbocycles. The van der Waals surface area contributed by atoms with Crippen molar-refractivity contribution in [2.24, 2.45) is 0 Å². The highest BCUT2D eigenvalue weighted by Crippen LogP contribution is 2.33. The van der Waals surface area contributed by atoms with Gasteiger partial charge in [-0.2, -0.15) is 13.2 Å². The molecule has 1 aliphatic heterocycles. The van der Waals surface area contributed by atoms with E-state index in [-0.39, 0.29) is 0 Å². The molecule has 0 aromatic heterocycles. The Bertz CT molecular complexity index is 1000. The van der Waals surface area contributed by atoms with Gasteiger partial charge in [-0.15, -0.1) is 0 Å². The van der Waals surface area contributed by atoms with E-state index < -0.39 is 11.7 Å². The first-order chi connectivity index (χ1) is 13.9. The van der Waals surface area contributed by atoms with Crippen molar-refractivity contribution in [3.05, 3.63) is 71.8 Å². The molecule has 0 amide bonds. The molecule has 1 heterocycles. The Morgan fingerprint density at radius 1 is 0.862 bits per heavy atom. The van der Waals surface area contributed by atoms with E-state index in [9.17, 15) is 13.2 Å². The number of hydrogen-bond acceptors (Lipinski definition) is 3. The van der Waals surface area contributed by atoms with Gasteiger partial charge in [0.25, 0.3) is 0 Å². The number of hydrogen-bond donors (Lipinski definition) is 1. The highest BCUT2D eigenvalue weighted by Gasteiger charge is 2.30. The molecule has 3 aromatic carbocycles. The maximum atomic E-state index is 13.0. The molecule has 1 saturated heterocycles. The van der Waals surface area contributed by atoms with Crippen molar-refractivity contribution in [3.63, 3.8) is 0 Å². The third-order valence-electron chi connectivity index (χ3n) is 5.50. The molecule has 0 aliphatic carbocycles. The van der Waals surface area contributed by atoms with Gasteiger partial charge in [0, 0.05) is 36.1 Å². The molecule has 6 heteroatoms. The molecule has 0 bridgehead atoms. The monoisotopic (exact) mass is 399 g/mol. The number of benzene rings is 3. The van der Waals surface area contributed by atoms with Crippen LogP contribution < -0.4 is 10.7 Å². The number of fused-ring (bicyclic) bond motifs is 1. The maximum absolute atomic E-state index is 13.0. The molecule has 2 N–H and O–H groups in total. The molecule has 0 unspecified atom stereocenters. The summed E-state index contributed by atoms with van der Waals surface area (Å²) in [5.74, 6) is 0. The van der Waals surface area contributed by atoms with Crippen molar-refractivity contribution in [1.82, 2.24) is 5.01 Å². The summed E-state index contributed by atoms with van der Waals surface area (Å²) in [4.78, 5) is 0. The van der Waals surface area contributed by atoms with Gasteiger partial charge < -0.3 is 10.7 Å². The van der Waals surface area contributed by atoms with Crippen LogP contribution in [-0.4, -0.2) is 24.6 Å². The van der Waals surface area contributed by atoms with Crippen molar-refractivity contribution < 1.29 is 13.2 Å². The van der Waals surface area contributed by atoms with Crippen molar-refractivity contribution >= 4 is 22.1 Å². The second kappa shape index (κ2) is 7.95. The van der Waals surface area contributed by atoms with E-state index in [0.717, 1.165) is 54.1 Å². The van der Waals surface area contributed by atoms with Crippen LogP contribution >= 0.6 is 0 Å². The van der Waals surface area contributed by atoms with Gasteiger partial charge in [-0.1, -0.05) is 42.5 Å². The molecular formula is C23H24F3N3. The van der Waals surface area contributed by atoms with Gasteiger partial charge in [-0.3, -0.25) is 0 Å². The quantitative estimate of drug-likeness (QED) is 0.588. The summed E-state index contributed by atoms with van der Waals surface area (Å²) in [6, 6.07) is 17.7. The van der Waals surface area contributed by atoms with Gasteiger partial charge in [0.1, 0.15) is 0 Å². The fraction of sp³-hybridized carbons (Fsp3) is 0.304. The van der Waals surface area contributed by atoms with E-state index in [1.165, 1.54) is 12.1 Å². The topological polar surface area (TPSA) is 32.5 Å². The molecule has 1 aliphatic rings. The third-order valence-corrected chi connectivity index (χ3v) is 5.50. The predicted molar refractivity (Wildman–Crippen MR) is 112 cm³/mol. The normalized spacial score (nSPS) is 15.8. The number of rotatable bonds is 4. The lowest BCUT2D eigenvalue weighted by Crippen LogP contribution is -2.48. The highest BCUT2D eigenvalue weighted by molar-refractivity contribution is 6.01. The predicted octanol–water partition coefficient (Wildman–Crippen LogP) is 5.50. The summed E-state index contributed by atoms with van der Waals surface area (Å²) < 4.78 is 39.0. The van der Waals surface area contributed by atoms with Gasteiger partial charge in [-0.25, -0.2) is 5.01 Å². The first-order valence-electron chi connectivity index (χ1n) is 9.89. The molecule has 0 atom stereocenters. The number of nitrogens with two attached hydrogens (primary N) is 1.